The van der Waals surface area contributed by atoms with Crippen molar-refractivity contribution in [3.63, 3.8) is 0 Å². The number of carboxylic acid groups (broad SMARTS) is 1. The highest BCUT2D eigenvalue weighted by atomic mass is 16.7. The molecule has 2 atom stereocenters. The predicted octanol–water partition coefficient (Wildman–Crippen LogP) is 2.95. The number of hydrogen-bond acceptors (Lipinski definition) is 6. The zero-order valence-electron chi connectivity index (χ0n) is 18.8. The molecule has 1 N–H and O–H groups in total. The summed E-state index contributed by atoms with van der Waals surface area (Å²) in [6, 6.07) is 3.67. The van der Waals surface area contributed by atoms with Crippen LogP contribution < -0.4 is 14.2 Å². The Morgan fingerprint density at radius 1 is 1.16 bits per heavy atom. The second-order valence-electron chi connectivity index (χ2n) is 8.29. The number of ether oxygens (including phenoxy) is 3. The fraction of sp³-hybridized carbons (Fsp3) is 0.652. The van der Waals surface area contributed by atoms with E-state index in [1.54, 1.807) is 7.11 Å². The van der Waals surface area contributed by atoms with E-state index in [-0.39, 0.29) is 25.2 Å². The quantitative estimate of drug-likeness (QED) is 0.573. The van der Waals surface area contributed by atoms with Gasteiger partial charge in [0.15, 0.2) is 11.5 Å². The van der Waals surface area contributed by atoms with E-state index >= 15 is 0 Å². The van der Waals surface area contributed by atoms with Gasteiger partial charge in [-0.2, -0.15) is 0 Å². The molecule has 0 saturated carbocycles. The van der Waals surface area contributed by atoms with E-state index in [0.29, 0.717) is 30.3 Å². The van der Waals surface area contributed by atoms with E-state index in [1.807, 2.05) is 21.9 Å². The van der Waals surface area contributed by atoms with Gasteiger partial charge in [0, 0.05) is 32.1 Å². The second kappa shape index (κ2) is 10.7. The number of unbranched alkanes of at least 4 members (excludes halogenated alkanes) is 2. The van der Waals surface area contributed by atoms with E-state index in [0.717, 1.165) is 44.3 Å². The molecule has 2 unspecified atom stereocenters. The first kappa shape index (κ1) is 23.2. The Kier molecular flexibility index (Phi) is 8.01. The van der Waals surface area contributed by atoms with Gasteiger partial charge >= 0.3 is 5.97 Å². The number of carbonyl (C=O) groups excluding carboxylic acids is 1. The number of amides is 1. The molecule has 8 heteroatoms. The summed E-state index contributed by atoms with van der Waals surface area (Å²) >= 11 is 0. The van der Waals surface area contributed by atoms with Crippen LogP contribution in [-0.2, 0) is 9.59 Å². The van der Waals surface area contributed by atoms with Gasteiger partial charge in [0.1, 0.15) is 0 Å². The van der Waals surface area contributed by atoms with Gasteiger partial charge in [-0.05, 0) is 30.5 Å². The van der Waals surface area contributed by atoms with Crippen molar-refractivity contribution in [1.82, 2.24) is 9.80 Å². The van der Waals surface area contributed by atoms with E-state index < -0.39 is 11.9 Å². The monoisotopic (exact) mass is 434 g/mol. The fourth-order valence-electron chi connectivity index (χ4n) is 4.32. The van der Waals surface area contributed by atoms with E-state index in [4.69, 9.17) is 14.2 Å². The molecule has 31 heavy (non-hydrogen) atoms. The van der Waals surface area contributed by atoms with Crippen LogP contribution in [0, 0.1) is 5.92 Å². The number of fused-ring (bicyclic) bond motifs is 1. The molecule has 0 bridgehead atoms. The number of nitrogens with zero attached hydrogens (tertiary/aromatic N) is 2. The summed E-state index contributed by atoms with van der Waals surface area (Å²) in [6.45, 7) is 6.96. The summed E-state index contributed by atoms with van der Waals surface area (Å²) in [4.78, 5) is 28.9. The van der Waals surface area contributed by atoms with Crippen LogP contribution in [0.15, 0.2) is 12.1 Å². The lowest BCUT2D eigenvalue weighted by atomic mass is 9.88. The third-order valence-electron chi connectivity index (χ3n) is 6.10. The Morgan fingerprint density at radius 2 is 1.87 bits per heavy atom. The average Bonchev–Trinajstić information content (AvgIpc) is 3.40. The fourth-order valence-corrected chi connectivity index (χ4v) is 4.32. The van der Waals surface area contributed by atoms with Gasteiger partial charge < -0.3 is 24.2 Å². The molecule has 1 aromatic rings. The molecule has 0 aromatic heterocycles. The molecule has 3 rings (SSSR count). The summed E-state index contributed by atoms with van der Waals surface area (Å²) in [6.07, 6.45) is 4.03. The molecule has 172 valence electrons. The van der Waals surface area contributed by atoms with Crippen LogP contribution in [0.4, 0.5) is 0 Å². The number of likely N-dealkylation sites (tertiary alicyclic amines) is 1. The number of rotatable bonds is 11. The van der Waals surface area contributed by atoms with Crippen LogP contribution in [-0.4, -0.2) is 73.4 Å². The number of methoxy groups -OCH3 is 1. The molecule has 0 aliphatic carbocycles. The summed E-state index contributed by atoms with van der Waals surface area (Å²) in [7, 11) is 1.55. The van der Waals surface area contributed by atoms with Crippen molar-refractivity contribution in [1.29, 1.82) is 0 Å². The molecule has 2 aliphatic heterocycles. The lowest BCUT2D eigenvalue weighted by molar-refractivity contribution is -0.142. The lowest BCUT2D eigenvalue weighted by Crippen LogP contribution is -2.41. The van der Waals surface area contributed by atoms with Gasteiger partial charge in [-0.3, -0.25) is 14.5 Å². The Morgan fingerprint density at radius 3 is 2.48 bits per heavy atom. The lowest BCUT2D eigenvalue weighted by Gasteiger charge is -2.25. The molecular weight excluding hydrogens is 400 g/mol. The molecule has 1 amide bonds. The Hall–Kier alpha value is -2.48. The molecular formula is C23H34N2O6. The highest BCUT2D eigenvalue weighted by Crippen LogP contribution is 2.45. The first-order chi connectivity index (χ1) is 15.0. The number of hydrogen-bond donors (Lipinski definition) is 1. The first-order valence-electron chi connectivity index (χ1n) is 11.2. The van der Waals surface area contributed by atoms with Crippen molar-refractivity contribution < 1.29 is 28.9 Å². The standard InChI is InChI=1S/C23H34N2O6/c1-4-6-8-25(9-7-5-2)21(26)14-24-12-17(18(13-24)23(27)28)16-10-19(29-3)22-20(11-16)30-15-31-22/h10-11,17-18H,4-9,12-15H2,1-3H3,(H,27,28). The van der Waals surface area contributed by atoms with Crippen molar-refractivity contribution in [2.24, 2.45) is 5.92 Å². The third-order valence-corrected chi connectivity index (χ3v) is 6.10. The largest absolute Gasteiger partial charge is 0.493 e. The Bertz CT molecular complexity index is 776. The summed E-state index contributed by atoms with van der Waals surface area (Å²) in [5, 5.41) is 9.85. The number of aliphatic carboxylic acids is 1. The SMILES string of the molecule is CCCCN(CCCC)C(=O)CN1CC(C(=O)O)C(c2cc(OC)c3c(c2)OCO3)C1. The average molecular weight is 435 g/mol. The van der Waals surface area contributed by atoms with Crippen LogP contribution >= 0.6 is 0 Å². The molecule has 0 spiro atoms. The van der Waals surface area contributed by atoms with Crippen LogP contribution in [0.2, 0.25) is 0 Å². The maximum Gasteiger partial charge on any atom is 0.308 e. The number of carboxylic acids is 1. The van der Waals surface area contributed by atoms with Gasteiger partial charge in [-0.15, -0.1) is 0 Å². The van der Waals surface area contributed by atoms with Crippen molar-refractivity contribution in [2.75, 3.05) is 46.6 Å². The van der Waals surface area contributed by atoms with Crippen LogP contribution in [0.3, 0.4) is 0 Å². The van der Waals surface area contributed by atoms with Crippen molar-refractivity contribution >= 4 is 11.9 Å². The van der Waals surface area contributed by atoms with Crippen molar-refractivity contribution in [3.8, 4) is 17.2 Å². The molecule has 1 aromatic carbocycles. The molecule has 1 saturated heterocycles. The van der Waals surface area contributed by atoms with Crippen LogP contribution in [0.25, 0.3) is 0 Å². The van der Waals surface area contributed by atoms with E-state index in [1.165, 1.54) is 0 Å². The molecule has 0 radical (unpaired) electrons. The van der Waals surface area contributed by atoms with Gasteiger partial charge in [-0.1, -0.05) is 26.7 Å². The topological polar surface area (TPSA) is 88.5 Å². The second-order valence-corrected chi connectivity index (χ2v) is 8.29. The van der Waals surface area contributed by atoms with Gasteiger partial charge in [-0.25, -0.2) is 0 Å². The van der Waals surface area contributed by atoms with Crippen LogP contribution in [0.1, 0.15) is 51.0 Å². The highest BCUT2D eigenvalue weighted by Gasteiger charge is 2.40. The minimum Gasteiger partial charge on any atom is -0.493 e. The smallest absolute Gasteiger partial charge is 0.308 e. The third kappa shape index (κ3) is 5.42. The van der Waals surface area contributed by atoms with Gasteiger partial charge in [0.05, 0.1) is 19.6 Å². The predicted molar refractivity (Wildman–Crippen MR) is 116 cm³/mol. The highest BCUT2D eigenvalue weighted by molar-refractivity contribution is 5.79. The normalized spacial score (nSPS) is 20.1. The number of carbonyl (C=O) groups is 2. The summed E-state index contributed by atoms with van der Waals surface area (Å²) in [5.41, 5.74) is 0.831. The molecule has 1 fully saturated rings. The minimum absolute atomic E-state index is 0.0787. The van der Waals surface area contributed by atoms with Gasteiger partial charge in [0.2, 0.25) is 18.4 Å². The van der Waals surface area contributed by atoms with E-state index in [9.17, 15) is 14.7 Å². The van der Waals surface area contributed by atoms with Crippen molar-refractivity contribution in [3.05, 3.63) is 17.7 Å². The summed E-state index contributed by atoms with van der Waals surface area (Å²) in [5.74, 6) is 0.0179. The molecule has 2 heterocycles. The molecule has 2 aliphatic rings. The number of benzene rings is 1. The Labute approximate surface area is 184 Å². The maximum absolute atomic E-state index is 13.0. The van der Waals surface area contributed by atoms with Gasteiger partial charge in [0.25, 0.3) is 0 Å². The summed E-state index contributed by atoms with van der Waals surface area (Å²) < 4.78 is 16.4. The van der Waals surface area contributed by atoms with Crippen molar-refractivity contribution in [2.45, 2.75) is 45.4 Å². The first-order valence-corrected chi connectivity index (χ1v) is 11.2. The maximum atomic E-state index is 13.0. The minimum atomic E-state index is -0.856. The Balaban J connectivity index is 1.74. The van der Waals surface area contributed by atoms with Crippen LogP contribution in [0.5, 0.6) is 17.2 Å². The van der Waals surface area contributed by atoms with E-state index in [2.05, 4.69) is 13.8 Å². The zero-order chi connectivity index (χ0) is 22.4. The molecule has 8 nitrogen and oxygen atoms in total. The zero-order valence-corrected chi connectivity index (χ0v) is 18.8.